The zero-order valence-electron chi connectivity index (χ0n) is 15.1. The molecule has 0 radical (unpaired) electrons. The third-order valence-corrected chi connectivity index (χ3v) is 4.83. The summed E-state index contributed by atoms with van der Waals surface area (Å²) in [4.78, 5) is 12.3. The lowest BCUT2D eigenvalue weighted by molar-refractivity contribution is 0.0963. The van der Waals surface area contributed by atoms with Gasteiger partial charge in [-0.15, -0.1) is 0 Å². The molecule has 0 saturated carbocycles. The molecule has 1 aliphatic rings. The molecular weight excluding hydrogens is 310 g/mol. The standard InChI is InChI=1S/C22H27NO2/c1-16(2)13-14-23-22(24)25-21-15-19-9-4-3-7-17(19)11-12-18-8-5-6-10-20(18)21/h3-10,16,21H,11-15H2,1-2H3,(H,23,24). The van der Waals surface area contributed by atoms with Gasteiger partial charge < -0.3 is 10.1 Å². The molecule has 0 saturated heterocycles. The second kappa shape index (κ2) is 8.19. The van der Waals surface area contributed by atoms with Crippen molar-refractivity contribution in [1.29, 1.82) is 0 Å². The Morgan fingerprint density at radius 1 is 1.04 bits per heavy atom. The molecule has 0 aliphatic heterocycles. The van der Waals surface area contributed by atoms with Gasteiger partial charge in [0.2, 0.25) is 0 Å². The van der Waals surface area contributed by atoms with Crippen molar-refractivity contribution in [2.75, 3.05) is 6.54 Å². The highest BCUT2D eigenvalue weighted by molar-refractivity contribution is 5.67. The fourth-order valence-corrected chi connectivity index (χ4v) is 3.39. The van der Waals surface area contributed by atoms with Crippen LogP contribution in [-0.2, 0) is 24.0 Å². The van der Waals surface area contributed by atoms with Crippen molar-refractivity contribution >= 4 is 6.09 Å². The normalized spacial score (nSPS) is 16.4. The highest BCUT2D eigenvalue weighted by Crippen LogP contribution is 2.30. The van der Waals surface area contributed by atoms with Crippen molar-refractivity contribution in [2.24, 2.45) is 5.92 Å². The summed E-state index contributed by atoms with van der Waals surface area (Å²) >= 11 is 0. The van der Waals surface area contributed by atoms with Crippen molar-refractivity contribution in [3.63, 3.8) is 0 Å². The number of benzene rings is 2. The lowest BCUT2D eigenvalue weighted by Gasteiger charge is -2.25. The highest BCUT2D eigenvalue weighted by atomic mass is 16.6. The largest absolute Gasteiger partial charge is 0.441 e. The van der Waals surface area contributed by atoms with Crippen molar-refractivity contribution in [3.05, 3.63) is 70.8 Å². The molecule has 0 aromatic heterocycles. The lowest BCUT2D eigenvalue weighted by Crippen LogP contribution is -2.29. The van der Waals surface area contributed by atoms with Crippen molar-refractivity contribution in [3.8, 4) is 0 Å². The summed E-state index contributed by atoms with van der Waals surface area (Å²) < 4.78 is 5.84. The van der Waals surface area contributed by atoms with Gasteiger partial charge in [-0.05, 0) is 47.4 Å². The third-order valence-electron chi connectivity index (χ3n) is 4.83. The van der Waals surface area contributed by atoms with E-state index in [9.17, 15) is 4.79 Å². The first-order valence-corrected chi connectivity index (χ1v) is 9.22. The van der Waals surface area contributed by atoms with Crippen LogP contribution in [0.25, 0.3) is 0 Å². The Morgan fingerprint density at radius 3 is 2.44 bits per heavy atom. The molecule has 3 rings (SSSR count). The van der Waals surface area contributed by atoms with Crippen LogP contribution in [0, 0.1) is 5.92 Å². The Balaban J connectivity index is 1.78. The maximum absolute atomic E-state index is 12.3. The molecule has 0 fully saturated rings. The topological polar surface area (TPSA) is 38.3 Å². The van der Waals surface area contributed by atoms with Gasteiger partial charge in [-0.2, -0.15) is 0 Å². The van der Waals surface area contributed by atoms with Crippen molar-refractivity contribution < 1.29 is 9.53 Å². The smallest absolute Gasteiger partial charge is 0.407 e. The first-order valence-electron chi connectivity index (χ1n) is 9.22. The minimum Gasteiger partial charge on any atom is -0.441 e. The average molecular weight is 337 g/mol. The molecule has 0 spiro atoms. The third kappa shape index (κ3) is 4.62. The number of alkyl carbamates (subject to hydrolysis) is 1. The molecule has 1 atom stereocenters. The molecule has 1 amide bonds. The number of amides is 1. The second-order valence-corrected chi connectivity index (χ2v) is 7.17. The van der Waals surface area contributed by atoms with Crippen LogP contribution in [0.5, 0.6) is 0 Å². The zero-order chi connectivity index (χ0) is 17.6. The molecule has 2 aromatic carbocycles. The van der Waals surface area contributed by atoms with Gasteiger partial charge in [-0.1, -0.05) is 62.4 Å². The van der Waals surface area contributed by atoms with E-state index in [0.29, 0.717) is 12.5 Å². The van der Waals surface area contributed by atoms with Crippen LogP contribution in [0.15, 0.2) is 48.5 Å². The van der Waals surface area contributed by atoms with E-state index in [0.717, 1.165) is 31.2 Å². The van der Waals surface area contributed by atoms with Gasteiger partial charge in [0.25, 0.3) is 0 Å². The number of hydrogen-bond acceptors (Lipinski definition) is 2. The van der Waals surface area contributed by atoms with Crippen molar-refractivity contribution in [1.82, 2.24) is 5.32 Å². The fourth-order valence-electron chi connectivity index (χ4n) is 3.39. The van der Waals surface area contributed by atoms with Crippen LogP contribution in [-0.4, -0.2) is 12.6 Å². The van der Waals surface area contributed by atoms with Crippen LogP contribution in [0.2, 0.25) is 0 Å². The van der Waals surface area contributed by atoms with Crippen molar-refractivity contribution in [2.45, 2.75) is 45.6 Å². The van der Waals surface area contributed by atoms with E-state index in [4.69, 9.17) is 4.74 Å². The predicted molar refractivity (Wildman–Crippen MR) is 101 cm³/mol. The summed E-state index contributed by atoms with van der Waals surface area (Å²) in [6.07, 6.45) is 3.13. The minimum atomic E-state index is -0.321. The molecule has 1 N–H and O–H groups in total. The summed E-state index contributed by atoms with van der Waals surface area (Å²) in [5.74, 6) is 0.564. The average Bonchev–Trinajstić information content (AvgIpc) is 2.59. The summed E-state index contributed by atoms with van der Waals surface area (Å²) in [6, 6.07) is 16.8. The molecule has 3 nitrogen and oxygen atoms in total. The maximum atomic E-state index is 12.3. The molecule has 1 aliphatic carbocycles. The molecule has 3 heteroatoms. The number of carbonyl (C=O) groups is 1. The summed E-state index contributed by atoms with van der Waals surface area (Å²) in [7, 11) is 0. The molecule has 25 heavy (non-hydrogen) atoms. The predicted octanol–water partition coefficient (Wildman–Crippen LogP) is 4.84. The van der Waals surface area contributed by atoms with E-state index in [-0.39, 0.29) is 12.2 Å². The Labute approximate surface area is 150 Å². The number of fused-ring (bicyclic) bond motifs is 2. The highest BCUT2D eigenvalue weighted by Gasteiger charge is 2.23. The Kier molecular flexibility index (Phi) is 5.75. The SMILES string of the molecule is CC(C)CCNC(=O)OC1Cc2ccccc2CCc2ccccc21. The quantitative estimate of drug-likeness (QED) is 0.867. The number of aryl methyl sites for hydroxylation is 2. The van der Waals surface area contributed by atoms with E-state index >= 15 is 0 Å². The van der Waals surface area contributed by atoms with E-state index in [1.54, 1.807) is 0 Å². The molecular formula is C22H27NO2. The molecule has 132 valence electrons. The van der Waals surface area contributed by atoms with Gasteiger partial charge in [0.05, 0.1) is 0 Å². The van der Waals surface area contributed by atoms with Gasteiger partial charge in [-0.25, -0.2) is 4.79 Å². The van der Waals surface area contributed by atoms with Crippen LogP contribution in [0.3, 0.4) is 0 Å². The summed E-state index contributed by atoms with van der Waals surface area (Å²) in [5, 5.41) is 2.89. The fraction of sp³-hybridized carbons (Fsp3) is 0.409. The molecule has 1 unspecified atom stereocenters. The number of nitrogens with one attached hydrogen (secondary N) is 1. The Bertz CT molecular complexity index is 723. The number of rotatable bonds is 4. The number of hydrogen-bond donors (Lipinski definition) is 1. The monoisotopic (exact) mass is 337 g/mol. The first-order chi connectivity index (χ1) is 12.1. The molecule has 0 bridgehead atoms. The second-order valence-electron chi connectivity index (χ2n) is 7.17. The number of ether oxygens (including phenoxy) is 1. The summed E-state index contributed by atoms with van der Waals surface area (Å²) in [5.41, 5.74) is 5.04. The van der Waals surface area contributed by atoms with E-state index in [1.807, 2.05) is 6.07 Å². The lowest BCUT2D eigenvalue weighted by atomic mass is 9.87. The zero-order valence-corrected chi connectivity index (χ0v) is 15.1. The van der Waals surface area contributed by atoms with Gasteiger partial charge in [-0.3, -0.25) is 0 Å². The molecule has 2 aromatic rings. The number of carbonyl (C=O) groups excluding carboxylic acids is 1. The van der Waals surface area contributed by atoms with E-state index in [1.165, 1.54) is 16.7 Å². The maximum Gasteiger partial charge on any atom is 0.407 e. The van der Waals surface area contributed by atoms with Gasteiger partial charge in [0.1, 0.15) is 6.10 Å². The first kappa shape index (κ1) is 17.5. The van der Waals surface area contributed by atoms with Crippen LogP contribution in [0.1, 0.15) is 48.6 Å². The Morgan fingerprint density at radius 2 is 1.68 bits per heavy atom. The van der Waals surface area contributed by atoms with Crippen LogP contribution >= 0.6 is 0 Å². The van der Waals surface area contributed by atoms with Crippen LogP contribution in [0.4, 0.5) is 4.79 Å². The van der Waals surface area contributed by atoms with E-state index in [2.05, 4.69) is 61.6 Å². The Hall–Kier alpha value is -2.29. The minimum absolute atomic E-state index is 0.239. The van der Waals surface area contributed by atoms with Gasteiger partial charge in [0, 0.05) is 13.0 Å². The van der Waals surface area contributed by atoms with Gasteiger partial charge >= 0.3 is 6.09 Å². The summed E-state index contributed by atoms with van der Waals surface area (Å²) in [6.45, 7) is 4.95. The van der Waals surface area contributed by atoms with Gasteiger partial charge in [0.15, 0.2) is 0 Å². The molecule has 0 heterocycles. The van der Waals surface area contributed by atoms with Crippen LogP contribution < -0.4 is 5.32 Å². The van der Waals surface area contributed by atoms with E-state index < -0.39 is 0 Å².